The highest BCUT2D eigenvalue weighted by atomic mass is 32.2. The number of thioether (sulfide) groups is 1. The van der Waals surface area contributed by atoms with Crippen molar-refractivity contribution in [1.29, 1.82) is 0 Å². The topological polar surface area (TPSA) is 34.1 Å². The van der Waals surface area contributed by atoms with Crippen LogP contribution in [-0.2, 0) is 9.59 Å². The maximum Gasteiger partial charge on any atom is 0.254 e. The molecule has 2 nitrogen and oxygen atoms in total. The summed E-state index contributed by atoms with van der Waals surface area (Å²) >= 11 is 1.12. The summed E-state index contributed by atoms with van der Waals surface area (Å²) in [6.07, 6.45) is 0.920. The predicted octanol–water partition coefficient (Wildman–Crippen LogP) is 1.63. The van der Waals surface area contributed by atoms with Gasteiger partial charge in [-0.1, -0.05) is 25.6 Å². The van der Waals surface area contributed by atoms with Crippen LogP contribution in [0.15, 0.2) is 0 Å². The lowest BCUT2D eigenvalue weighted by molar-refractivity contribution is -0.130. The molecule has 0 aliphatic carbocycles. The van der Waals surface area contributed by atoms with E-state index in [1.807, 2.05) is 13.8 Å². The molecule has 0 bridgehead atoms. The highest BCUT2D eigenvalue weighted by Crippen LogP contribution is 2.14. The zero-order valence-corrected chi connectivity index (χ0v) is 7.33. The Kier molecular flexibility index (Phi) is 4.36. The molecule has 0 aliphatic rings. The van der Waals surface area contributed by atoms with E-state index >= 15 is 0 Å². The minimum atomic E-state index is -0.356. The van der Waals surface area contributed by atoms with Crippen LogP contribution in [0, 0.1) is 0 Å². The molecule has 1 unspecified atom stereocenters. The zero-order chi connectivity index (χ0) is 8.15. The van der Waals surface area contributed by atoms with Gasteiger partial charge in [0.25, 0.3) is 5.12 Å². The van der Waals surface area contributed by atoms with Crippen LogP contribution in [-0.4, -0.2) is 16.1 Å². The standard InChI is InChI=1S/C7H12O2S/c1-4-5(2)10-7(9)6(3)8/h5H,4H2,1-3H3. The van der Waals surface area contributed by atoms with Crippen molar-refractivity contribution in [3.63, 3.8) is 0 Å². The van der Waals surface area contributed by atoms with Gasteiger partial charge in [-0.15, -0.1) is 0 Å². The van der Waals surface area contributed by atoms with Crippen LogP contribution in [0.3, 0.4) is 0 Å². The Morgan fingerprint density at radius 1 is 1.50 bits per heavy atom. The molecule has 0 aromatic heterocycles. The lowest BCUT2D eigenvalue weighted by Crippen LogP contribution is -2.08. The lowest BCUT2D eigenvalue weighted by Gasteiger charge is -2.02. The average Bonchev–Trinajstić information content (AvgIpc) is 1.87. The van der Waals surface area contributed by atoms with Crippen molar-refractivity contribution in [2.24, 2.45) is 0 Å². The van der Waals surface area contributed by atoms with Crippen molar-refractivity contribution in [3.8, 4) is 0 Å². The van der Waals surface area contributed by atoms with Gasteiger partial charge >= 0.3 is 0 Å². The third-order valence-corrected chi connectivity index (χ3v) is 2.41. The van der Waals surface area contributed by atoms with Crippen molar-refractivity contribution < 1.29 is 9.59 Å². The van der Waals surface area contributed by atoms with E-state index in [9.17, 15) is 9.59 Å². The molecule has 0 spiro atoms. The van der Waals surface area contributed by atoms with Crippen LogP contribution >= 0.6 is 11.8 Å². The van der Waals surface area contributed by atoms with Gasteiger partial charge in [0.1, 0.15) is 0 Å². The number of carbonyl (C=O) groups is 2. The largest absolute Gasteiger partial charge is 0.290 e. The SMILES string of the molecule is CCC(C)SC(=O)C(C)=O. The Balaban J connectivity index is 3.68. The number of hydrogen-bond donors (Lipinski definition) is 0. The minimum absolute atomic E-state index is 0.261. The van der Waals surface area contributed by atoms with Crippen LogP contribution in [0.4, 0.5) is 0 Å². The smallest absolute Gasteiger partial charge is 0.254 e. The van der Waals surface area contributed by atoms with Crippen LogP contribution < -0.4 is 0 Å². The summed E-state index contributed by atoms with van der Waals surface area (Å²) in [6.45, 7) is 5.23. The summed E-state index contributed by atoms with van der Waals surface area (Å²) in [5.74, 6) is -0.356. The predicted molar refractivity (Wildman–Crippen MR) is 43.0 cm³/mol. The van der Waals surface area contributed by atoms with Crippen LogP contribution in [0.5, 0.6) is 0 Å². The van der Waals surface area contributed by atoms with Gasteiger partial charge in [-0.3, -0.25) is 9.59 Å². The molecular weight excluding hydrogens is 148 g/mol. The van der Waals surface area contributed by atoms with Crippen LogP contribution in [0.25, 0.3) is 0 Å². The number of ketones is 1. The van der Waals surface area contributed by atoms with Crippen LogP contribution in [0.2, 0.25) is 0 Å². The third kappa shape index (κ3) is 3.67. The summed E-state index contributed by atoms with van der Waals surface area (Å²) in [5, 5.41) is -0.0641. The first kappa shape index (κ1) is 9.69. The van der Waals surface area contributed by atoms with Gasteiger partial charge in [0, 0.05) is 12.2 Å². The molecular formula is C7H12O2S. The molecule has 0 heterocycles. The summed E-state index contributed by atoms with van der Waals surface area (Å²) in [7, 11) is 0. The second kappa shape index (κ2) is 4.50. The molecule has 0 amide bonds. The Morgan fingerprint density at radius 3 is 2.30 bits per heavy atom. The van der Waals surface area contributed by atoms with E-state index in [2.05, 4.69) is 0 Å². The molecule has 0 aromatic carbocycles. The normalized spacial score (nSPS) is 12.7. The van der Waals surface area contributed by atoms with E-state index < -0.39 is 0 Å². The molecule has 58 valence electrons. The van der Waals surface area contributed by atoms with E-state index in [0.717, 1.165) is 18.2 Å². The summed E-state index contributed by atoms with van der Waals surface area (Å²) in [4.78, 5) is 21.2. The first-order chi connectivity index (χ1) is 4.57. The fourth-order valence-corrected chi connectivity index (χ4v) is 1.05. The molecule has 0 fully saturated rings. The summed E-state index contributed by atoms with van der Waals surface area (Å²) in [6, 6.07) is 0. The highest BCUT2D eigenvalue weighted by molar-refractivity contribution is 8.15. The molecule has 0 aliphatic heterocycles. The quantitative estimate of drug-likeness (QED) is 0.588. The maximum absolute atomic E-state index is 10.7. The molecule has 0 radical (unpaired) electrons. The van der Waals surface area contributed by atoms with Gasteiger partial charge in [0.15, 0.2) is 0 Å². The van der Waals surface area contributed by atoms with E-state index in [4.69, 9.17) is 0 Å². The Bertz CT molecular complexity index is 143. The maximum atomic E-state index is 10.7. The molecule has 0 saturated heterocycles. The van der Waals surface area contributed by atoms with Crippen LogP contribution in [0.1, 0.15) is 27.2 Å². The van der Waals surface area contributed by atoms with Gasteiger partial charge in [0.05, 0.1) is 0 Å². The van der Waals surface area contributed by atoms with Crippen molar-refractivity contribution in [2.75, 3.05) is 0 Å². The average molecular weight is 160 g/mol. The minimum Gasteiger partial charge on any atom is -0.290 e. The van der Waals surface area contributed by atoms with Gasteiger partial charge < -0.3 is 0 Å². The molecule has 0 rings (SSSR count). The van der Waals surface area contributed by atoms with E-state index in [1.165, 1.54) is 6.92 Å². The van der Waals surface area contributed by atoms with Gasteiger partial charge in [0.2, 0.25) is 5.78 Å². The first-order valence-corrected chi connectivity index (χ1v) is 4.17. The number of carbonyl (C=O) groups excluding carboxylic acids is 2. The van der Waals surface area contributed by atoms with Crippen molar-refractivity contribution in [1.82, 2.24) is 0 Å². The molecule has 0 N–H and O–H groups in total. The number of Topliss-reactive ketones (excluding diaryl/α,β-unsaturated/α-hetero) is 1. The summed E-state index contributed by atoms with van der Waals surface area (Å²) in [5.41, 5.74) is 0. The molecule has 1 atom stereocenters. The Morgan fingerprint density at radius 2 is 2.00 bits per heavy atom. The monoisotopic (exact) mass is 160 g/mol. The van der Waals surface area contributed by atoms with Gasteiger partial charge in [-0.05, 0) is 6.42 Å². The molecule has 10 heavy (non-hydrogen) atoms. The van der Waals surface area contributed by atoms with Crippen molar-refractivity contribution in [2.45, 2.75) is 32.4 Å². The highest BCUT2D eigenvalue weighted by Gasteiger charge is 2.11. The van der Waals surface area contributed by atoms with E-state index in [0.29, 0.717) is 0 Å². The second-order valence-electron chi connectivity index (χ2n) is 2.18. The van der Waals surface area contributed by atoms with Gasteiger partial charge in [-0.2, -0.15) is 0 Å². The van der Waals surface area contributed by atoms with Gasteiger partial charge in [-0.25, -0.2) is 0 Å². The fraction of sp³-hybridized carbons (Fsp3) is 0.714. The Labute approximate surface area is 65.4 Å². The van der Waals surface area contributed by atoms with E-state index in [1.54, 1.807) is 0 Å². The lowest BCUT2D eigenvalue weighted by atomic mass is 10.4. The molecule has 0 aromatic rings. The first-order valence-electron chi connectivity index (χ1n) is 3.29. The van der Waals surface area contributed by atoms with E-state index in [-0.39, 0.29) is 16.1 Å². The second-order valence-corrected chi connectivity index (χ2v) is 3.59. The Hall–Kier alpha value is -0.310. The number of rotatable bonds is 3. The van der Waals surface area contributed by atoms with Crippen molar-refractivity contribution >= 4 is 22.7 Å². The summed E-state index contributed by atoms with van der Waals surface area (Å²) < 4.78 is 0. The van der Waals surface area contributed by atoms with Crippen molar-refractivity contribution in [3.05, 3.63) is 0 Å². The fourth-order valence-electron chi connectivity index (χ4n) is 0.349. The zero-order valence-electron chi connectivity index (χ0n) is 6.51. The molecule has 3 heteroatoms. The third-order valence-electron chi connectivity index (χ3n) is 1.17. The molecule has 0 saturated carbocycles. The number of hydrogen-bond acceptors (Lipinski definition) is 3.